The lowest BCUT2D eigenvalue weighted by Gasteiger charge is -2.34. The molecule has 2 rings (SSSR count). The first kappa shape index (κ1) is 42.6. The van der Waals surface area contributed by atoms with Gasteiger partial charge in [0.2, 0.25) is 15.6 Å². The Labute approximate surface area is 289 Å². The molecule has 0 aromatic carbocycles. The number of ether oxygens (including phenoxy) is 1. The summed E-state index contributed by atoms with van der Waals surface area (Å²) in [7, 11) is 0. The van der Waals surface area contributed by atoms with Gasteiger partial charge in [0.1, 0.15) is 43.0 Å². The van der Waals surface area contributed by atoms with Crippen LogP contribution in [-0.2, 0) is 33.5 Å². The van der Waals surface area contributed by atoms with Gasteiger partial charge in [-0.3, -0.25) is 38.8 Å². The summed E-state index contributed by atoms with van der Waals surface area (Å²) in [5.41, 5.74) is 5.39. The Morgan fingerprint density at radius 1 is 0.766 bits per heavy atom. The van der Waals surface area contributed by atoms with Crippen molar-refractivity contribution >= 4 is 70.4 Å². The van der Waals surface area contributed by atoms with Crippen LogP contribution in [0, 0.1) is 11.8 Å². The lowest BCUT2D eigenvalue weighted by atomic mass is 10.1. The third kappa shape index (κ3) is 14.7. The second-order valence-electron chi connectivity index (χ2n) is 12.0. The lowest BCUT2D eigenvalue weighted by molar-refractivity contribution is -0.153. The van der Waals surface area contributed by atoms with Gasteiger partial charge in [0.25, 0.3) is 11.8 Å². The molecule has 2 heterocycles. The Morgan fingerprint density at radius 2 is 1.15 bits per heavy atom. The maximum Gasteiger partial charge on any atom is 0.325 e. The molecule has 0 spiro atoms. The predicted octanol–water partition coefficient (Wildman–Crippen LogP) is 0.00520. The number of rotatable bonds is 11. The quantitative estimate of drug-likeness (QED) is 0.110. The molecule has 0 unspecified atom stereocenters. The van der Waals surface area contributed by atoms with E-state index in [4.69, 9.17) is 44.6 Å². The van der Waals surface area contributed by atoms with E-state index in [-0.39, 0.29) is 11.8 Å². The molecule has 270 valence electrons. The van der Waals surface area contributed by atoms with Gasteiger partial charge in [-0.25, -0.2) is 10.9 Å². The normalized spacial score (nSPS) is 21.0. The number of aliphatic hydroxyl groups is 2. The van der Waals surface area contributed by atoms with Crippen molar-refractivity contribution in [1.82, 2.24) is 31.5 Å². The third-order valence-electron chi connectivity index (χ3n) is 7.12. The summed E-state index contributed by atoms with van der Waals surface area (Å²) in [6, 6.07) is -3.28. The number of hydrazine groups is 2. The minimum Gasteiger partial charge on any atom is -0.480 e. The standard InChI is InChI=1S/C15H24Cl3N3O5.C13H23N3O5/c1-8(2)11(22)12(23)19-9(3)13(24)21-6-4-5-10(20-21)14(25)26-7-15(16,17)18;1-7(2)10(17)11(18)14-8(3)12(19)16-6-4-5-9(15-16)13(20)21/h8-11,20,22H,4-7H2,1-3H3,(H,19,23);7-10,15,17H,4-6H2,1-3H3,(H,14,18)(H,20,21)/t9-,10-,11-;8-,9-,10-/m00/s1. The molecule has 19 heteroatoms. The van der Waals surface area contributed by atoms with Crippen molar-refractivity contribution in [3.8, 4) is 0 Å². The molecule has 0 saturated carbocycles. The van der Waals surface area contributed by atoms with Crippen LogP contribution in [0.4, 0.5) is 0 Å². The molecule has 2 aliphatic rings. The van der Waals surface area contributed by atoms with E-state index in [9.17, 15) is 39.0 Å². The van der Waals surface area contributed by atoms with Gasteiger partial charge >= 0.3 is 11.9 Å². The Kier molecular flexibility index (Phi) is 17.7. The average Bonchev–Trinajstić information content (AvgIpc) is 3.01. The van der Waals surface area contributed by atoms with Crippen molar-refractivity contribution in [2.75, 3.05) is 19.7 Å². The number of hydrogen-bond donors (Lipinski definition) is 7. The highest BCUT2D eigenvalue weighted by molar-refractivity contribution is 6.67. The minimum absolute atomic E-state index is 0.253. The van der Waals surface area contributed by atoms with Crippen molar-refractivity contribution in [1.29, 1.82) is 0 Å². The molecule has 0 aliphatic carbocycles. The molecule has 0 bridgehead atoms. The zero-order valence-corrected chi connectivity index (χ0v) is 29.6. The van der Waals surface area contributed by atoms with Gasteiger partial charge < -0.3 is 30.7 Å². The summed E-state index contributed by atoms with van der Waals surface area (Å²) in [6.07, 6.45) is -0.348. The number of halogens is 3. The molecule has 47 heavy (non-hydrogen) atoms. The van der Waals surface area contributed by atoms with Crippen molar-refractivity contribution in [2.24, 2.45) is 11.8 Å². The monoisotopic (exact) mass is 732 g/mol. The number of nitrogens with one attached hydrogen (secondary N) is 4. The molecule has 2 aliphatic heterocycles. The second-order valence-corrected chi connectivity index (χ2v) is 14.5. The number of carbonyl (C=O) groups excluding carboxylic acids is 5. The molecule has 16 nitrogen and oxygen atoms in total. The predicted molar refractivity (Wildman–Crippen MR) is 172 cm³/mol. The first-order valence-corrected chi connectivity index (χ1v) is 16.4. The number of amides is 4. The number of carbonyl (C=O) groups is 6. The topological polar surface area (TPSA) is 227 Å². The smallest absolute Gasteiger partial charge is 0.325 e. The fraction of sp³-hybridized carbons (Fsp3) is 0.786. The first-order chi connectivity index (χ1) is 21.7. The van der Waals surface area contributed by atoms with Crippen LogP contribution in [0.5, 0.6) is 0 Å². The Balaban J connectivity index is 0.000000481. The van der Waals surface area contributed by atoms with E-state index in [2.05, 4.69) is 21.5 Å². The van der Waals surface area contributed by atoms with Crippen LogP contribution in [0.3, 0.4) is 0 Å². The van der Waals surface area contributed by atoms with Crippen molar-refractivity contribution in [2.45, 2.75) is 107 Å². The number of aliphatic hydroxyl groups excluding tert-OH is 2. The molecule has 2 fully saturated rings. The number of nitrogens with zero attached hydrogens (tertiary/aromatic N) is 2. The van der Waals surface area contributed by atoms with Gasteiger partial charge in [0.15, 0.2) is 0 Å². The van der Waals surface area contributed by atoms with Crippen LogP contribution < -0.4 is 21.5 Å². The van der Waals surface area contributed by atoms with Gasteiger partial charge in [-0.2, -0.15) is 0 Å². The summed E-state index contributed by atoms with van der Waals surface area (Å²) < 4.78 is 3.21. The minimum atomic E-state index is -1.71. The summed E-state index contributed by atoms with van der Waals surface area (Å²) in [5, 5.41) is 35.7. The van der Waals surface area contributed by atoms with E-state index in [1.54, 1.807) is 27.7 Å². The van der Waals surface area contributed by atoms with Crippen LogP contribution in [0.2, 0.25) is 0 Å². The Bertz CT molecular complexity index is 1110. The van der Waals surface area contributed by atoms with Gasteiger partial charge in [0, 0.05) is 13.1 Å². The van der Waals surface area contributed by atoms with Crippen LogP contribution in [-0.4, -0.2) is 121 Å². The molecule has 0 aromatic heterocycles. The summed E-state index contributed by atoms with van der Waals surface area (Å²) in [6.45, 7) is 10.1. The molecule has 0 aromatic rings. The summed E-state index contributed by atoms with van der Waals surface area (Å²) >= 11 is 16.6. The molecule has 2 saturated heterocycles. The molecular formula is C28H47Cl3N6O10. The third-order valence-corrected chi connectivity index (χ3v) is 7.45. The molecule has 7 N–H and O–H groups in total. The summed E-state index contributed by atoms with van der Waals surface area (Å²) in [5.74, 6) is -4.29. The first-order valence-electron chi connectivity index (χ1n) is 15.2. The number of hydrogen-bond acceptors (Lipinski definition) is 11. The fourth-order valence-electron chi connectivity index (χ4n) is 4.29. The fourth-order valence-corrected chi connectivity index (χ4v) is 4.45. The van der Waals surface area contributed by atoms with Crippen LogP contribution >= 0.6 is 34.8 Å². The SMILES string of the molecule is CC(C)[C@H](O)C(=O)N[C@@H](C)C(=O)N1CCC[C@@H](C(=O)O)N1.CC(C)[C@H](O)C(=O)N[C@@H](C)C(=O)N1CCC[C@@H](C(=O)OCC(Cl)(Cl)Cl)N1. The van der Waals surface area contributed by atoms with Crippen LogP contribution in [0.15, 0.2) is 0 Å². The largest absolute Gasteiger partial charge is 0.480 e. The lowest BCUT2D eigenvalue weighted by Crippen LogP contribution is -2.60. The maximum atomic E-state index is 12.5. The second kappa shape index (κ2) is 19.5. The van der Waals surface area contributed by atoms with Crippen molar-refractivity contribution in [3.05, 3.63) is 0 Å². The number of aliphatic carboxylic acids is 1. The van der Waals surface area contributed by atoms with Gasteiger partial charge in [-0.15, -0.1) is 0 Å². The van der Waals surface area contributed by atoms with E-state index >= 15 is 0 Å². The van der Waals surface area contributed by atoms with E-state index in [0.29, 0.717) is 38.8 Å². The highest BCUT2D eigenvalue weighted by Gasteiger charge is 2.34. The van der Waals surface area contributed by atoms with Crippen LogP contribution in [0.1, 0.15) is 67.2 Å². The number of carboxylic acid groups (broad SMARTS) is 1. The van der Waals surface area contributed by atoms with E-state index in [1.165, 1.54) is 23.9 Å². The zero-order chi connectivity index (χ0) is 36.2. The summed E-state index contributed by atoms with van der Waals surface area (Å²) in [4.78, 5) is 71.2. The Morgan fingerprint density at radius 3 is 1.51 bits per heavy atom. The van der Waals surface area contributed by atoms with Crippen molar-refractivity contribution in [3.63, 3.8) is 0 Å². The Hall–Kier alpha value is -2.47. The molecule has 4 amide bonds. The highest BCUT2D eigenvalue weighted by Crippen LogP contribution is 2.26. The average molecular weight is 734 g/mol. The van der Waals surface area contributed by atoms with E-state index in [1.807, 2.05) is 0 Å². The van der Waals surface area contributed by atoms with Crippen molar-refractivity contribution < 1.29 is 48.8 Å². The molecular weight excluding hydrogens is 687 g/mol. The van der Waals surface area contributed by atoms with Gasteiger partial charge in [0.05, 0.1) is 0 Å². The van der Waals surface area contributed by atoms with E-state index < -0.39 is 82.3 Å². The van der Waals surface area contributed by atoms with Gasteiger partial charge in [-0.1, -0.05) is 62.5 Å². The van der Waals surface area contributed by atoms with Gasteiger partial charge in [-0.05, 0) is 51.4 Å². The molecule has 6 atom stereocenters. The number of carboxylic acids is 1. The highest BCUT2D eigenvalue weighted by atomic mass is 35.6. The zero-order valence-electron chi connectivity index (χ0n) is 27.3. The van der Waals surface area contributed by atoms with E-state index in [0.717, 1.165) is 0 Å². The number of alkyl halides is 3. The molecule has 0 radical (unpaired) electrons. The maximum absolute atomic E-state index is 12.5. The number of esters is 1. The van der Waals surface area contributed by atoms with Crippen LogP contribution in [0.25, 0.3) is 0 Å².